The van der Waals surface area contributed by atoms with Crippen LogP contribution in [0.3, 0.4) is 0 Å². The fourth-order valence-electron chi connectivity index (χ4n) is 2.20. The first kappa shape index (κ1) is 14.9. The molecule has 0 bridgehead atoms. The summed E-state index contributed by atoms with van der Waals surface area (Å²) in [5, 5.41) is 4.69. The van der Waals surface area contributed by atoms with Crippen LogP contribution in [0, 0.1) is 0 Å². The normalized spacial score (nSPS) is 11.3. The van der Waals surface area contributed by atoms with Gasteiger partial charge >= 0.3 is 0 Å². The van der Waals surface area contributed by atoms with Crippen molar-refractivity contribution < 1.29 is 4.74 Å². The van der Waals surface area contributed by atoms with Gasteiger partial charge in [0.2, 0.25) is 0 Å². The van der Waals surface area contributed by atoms with Crippen molar-refractivity contribution >= 4 is 10.9 Å². The zero-order valence-corrected chi connectivity index (χ0v) is 12.4. The Morgan fingerprint density at radius 1 is 1.15 bits per heavy atom. The van der Waals surface area contributed by atoms with Crippen molar-refractivity contribution in [1.29, 1.82) is 0 Å². The van der Waals surface area contributed by atoms with Crippen LogP contribution >= 0.6 is 0 Å². The van der Waals surface area contributed by atoms with Gasteiger partial charge in [0.25, 0.3) is 0 Å². The molecule has 0 radical (unpaired) electrons. The summed E-state index contributed by atoms with van der Waals surface area (Å²) < 4.78 is 5.53. The van der Waals surface area contributed by atoms with Crippen molar-refractivity contribution in [3.8, 4) is 0 Å². The molecule has 2 aromatic rings. The predicted octanol–water partition coefficient (Wildman–Crippen LogP) is 3.53. The number of benzene rings is 1. The third-order valence-corrected chi connectivity index (χ3v) is 3.23. The van der Waals surface area contributed by atoms with E-state index in [2.05, 4.69) is 48.4 Å². The lowest BCUT2D eigenvalue weighted by molar-refractivity contribution is 0.0760. The van der Waals surface area contributed by atoms with Gasteiger partial charge in [0.1, 0.15) is 0 Å². The SMILES string of the molecule is CC(C)OCCCCNCc1cccc2cccnc12. The van der Waals surface area contributed by atoms with Crippen molar-refractivity contribution in [2.45, 2.75) is 39.3 Å². The first-order chi connectivity index (χ1) is 9.77. The minimum Gasteiger partial charge on any atom is -0.379 e. The van der Waals surface area contributed by atoms with Gasteiger partial charge in [-0.2, -0.15) is 0 Å². The van der Waals surface area contributed by atoms with Crippen molar-refractivity contribution in [3.63, 3.8) is 0 Å². The predicted molar refractivity (Wildman–Crippen MR) is 83.8 cm³/mol. The van der Waals surface area contributed by atoms with Gasteiger partial charge in [0.15, 0.2) is 0 Å². The Balaban J connectivity index is 1.73. The molecule has 1 aromatic carbocycles. The van der Waals surface area contributed by atoms with Crippen molar-refractivity contribution in [2.75, 3.05) is 13.2 Å². The minimum atomic E-state index is 0.338. The standard InChI is InChI=1S/C17H24N2O/c1-14(2)20-12-4-3-10-18-13-16-8-5-7-15-9-6-11-19-17(15)16/h5-9,11,14,18H,3-4,10,12-13H2,1-2H3. The van der Waals surface area contributed by atoms with Gasteiger partial charge in [-0.1, -0.05) is 24.3 Å². The summed E-state index contributed by atoms with van der Waals surface area (Å²) in [5.41, 5.74) is 2.37. The maximum absolute atomic E-state index is 5.53. The molecule has 0 saturated heterocycles. The van der Waals surface area contributed by atoms with E-state index in [0.717, 1.165) is 38.1 Å². The molecule has 0 aliphatic heterocycles. The van der Waals surface area contributed by atoms with Crippen LogP contribution < -0.4 is 5.32 Å². The third kappa shape index (κ3) is 4.58. The topological polar surface area (TPSA) is 34.1 Å². The average Bonchev–Trinajstić information content (AvgIpc) is 2.46. The number of hydrogen-bond acceptors (Lipinski definition) is 3. The molecule has 1 N–H and O–H groups in total. The van der Waals surface area contributed by atoms with Gasteiger partial charge in [-0.3, -0.25) is 4.98 Å². The van der Waals surface area contributed by atoms with Crippen LogP contribution in [0.2, 0.25) is 0 Å². The molecule has 0 spiro atoms. The monoisotopic (exact) mass is 272 g/mol. The molecular weight excluding hydrogens is 248 g/mol. The van der Waals surface area contributed by atoms with E-state index < -0.39 is 0 Å². The third-order valence-electron chi connectivity index (χ3n) is 3.23. The molecule has 3 heteroatoms. The molecular formula is C17H24N2O. The zero-order chi connectivity index (χ0) is 14.2. The summed E-state index contributed by atoms with van der Waals surface area (Å²) in [6.45, 7) is 6.90. The summed E-state index contributed by atoms with van der Waals surface area (Å²) >= 11 is 0. The number of fused-ring (bicyclic) bond motifs is 1. The Hall–Kier alpha value is -1.45. The second-order valence-electron chi connectivity index (χ2n) is 5.30. The molecule has 108 valence electrons. The van der Waals surface area contributed by atoms with E-state index >= 15 is 0 Å². The lowest BCUT2D eigenvalue weighted by Crippen LogP contribution is -2.16. The molecule has 0 unspecified atom stereocenters. The summed E-state index contributed by atoms with van der Waals surface area (Å²) in [7, 11) is 0. The van der Waals surface area contributed by atoms with E-state index in [9.17, 15) is 0 Å². The maximum Gasteiger partial charge on any atom is 0.0746 e. The van der Waals surface area contributed by atoms with E-state index in [1.54, 1.807) is 0 Å². The lowest BCUT2D eigenvalue weighted by Gasteiger charge is -2.09. The highest BCUT2D eigenvalue weighted by atomic mass is 16.5. The Labute approximate surface area is 121 Å². The Morgan fingerprint density at radius 2 is 2.00 bits per heavy atom. The van der Waals surface area contributed by atoms with Crippen LogP contribution in [0.5, 0.6) is 0 Å². The number of hydrogen-bond donors (Lipinski definition) is 1. The Morgan fingerprint density at radius 3 is 2.85 bits per heavy atom. The molecule has 1 heterocycles. The second-order valence-corrected chi connectivity index (χ2v) is 5.30. The fourth-order valence-corrected chi connectivity index (χ4v) is 2.20. The molecule has 1 aromatic heterocycles. The summed E-state index contributed by atoms with van der Waals surface area (Å²) in [6, 6.07) is 10.4. The van der Waals surface area contributed by atoms with Crippen LogP contribution in [0.4, 0.5) is 0 Å². The fraction of sp³-hybridized carbons (Fsp3) is 0.471. The lowest BCUT2D eigenvalue weighted by atomic mass is 10.1. The van der Waals surface area contributed by atoms with Gasteiger partial charge in [-0.15, -0.1) is 0 Å². The average molecular weight is 272 g/mol. The second kappa shape index (κ2) is 7.98. The molecule has 0 saturated carbocycles. The Bertz CT molecular complexity index is 520. The molecule has 0 aliphatic rings. The van der Waals surface area contributed by atoms with Crippen molar-refractivity contribution in [2.24, 2.45) is 0 Å². The van der Waals surface area contributed by atoms with Gasteiger partial charge in [-0.25, -0.2) is 0 Å². The van der Waals surface area contributed by atoms with Crippen LogP contribution in [-0.2, 0) is 11.3 Å². The summed E-state index contributed by atoms with van der Waals surface area (Å²) in [5.74, 6) is 0. The van der Waals surface area contributed by atoms with Gasteiger partial charge in [0.05, 0.1) is 11.6 Å². The number of rotatable bonds is 8. The largest absolute Gasteiger partial charge is 0.379 e. The summed E-state index contributed by atoms with van der Waals surface area (Å²) in [4.78, 5) is 4.47. The van der Waals surface area contributed by atoms with E-state index in [0.29, 0.717) is 6.10 Å². The highest BCUT2D eigenvalue weighted by Gasteiger charge is 2.00. The van der Waals surface area contributed by atoms with Crippen molar-refractivity contribution in [1.82, 2.24) is 10.3 Å². The number of nitrogens with zero attached hydrogens (tertiary/aromatic N) is 1. The van der Waals surface area contributed by atoms with Crippen LogP contribution in [0.25, 0.3) is 10.9 Å². The number of para-hydroxylation sites is 1. The highest BCUT2D eigenvalue weighted by Crippen LogP contribution is 2.15. The maximum atomic E-state index is 5.53. The zero-order valence-electron chi connectivity index (χ0n) is 12.4. The van der Waals surface area contributed by atoms with E-state index in [4.69, 9.17) is 4.74 Å². The van der Waals surface area contributed by atoms with E-state index in [1.165, 1.54) is 10.9 Å². The molecule has 0 aliphatic carbocycles. The van der Waals surface area contributed by atoms with E-state index in [1.807, 2.05) is 12.3 Å². The molecule has 3 nitrogen and oxygen atoms in total. The molecule has 20 heavy (non-hydrogen) atoms. The van der Waals surface area contributed by atoms with Gasteiger partial charge in [-0.05, 0) is 44.9 Å². The molecule has 0 fully saturated rings. The van der Waals surface area contributed by atoms with E-state index in [-0.39, 0.29) is 0 Å². The number of unbranched alkanes of at least 4 members (excludes halogenated alkanes) is 1. The molecule has 0 atom stereocenters. The van der Waals surface area contributed by atoms with Gasteiger partial charge < -0.3 is 10.1 Å². The Kier molecular flexibility index (Phi) is 5.96. The smallest absolute Gasteiger partial charge is 0.0746 e. The minimum absolute atomic E-state index is 0.338. The molecule has 2 rings (SSSR count). The number of nitrogens with one attached hydrogen (secondary N) is 1. The van der Waals surface area contributed by atoms with Crippen molar-refractivity contribution in [3.05, 3.63) is 42.1 Å². The molecule has 0 amide bonds. The van der Waals surface area contributed by atoms with Crippen LogP contribution in [-0.4, -0.2) is 24.2 Å². The van der Waals surface area contributed by atoms with Crippen LogP contribution in [0.1, 0.15) is 32.3 Å². The number of aromatic nitrogens is 1. The summed E-state index contributed by atoms with van der Waals surface area (Å²) in [6.07, 6.45) is 4.45. The first-order valence-electron chi connectivity index (χ1n) is 7.42. The quantitative estimate of drug-likeness (QED) is 0.746. The number of pyridine rings is 1. The first-order valence-corrected chi connectivity index (χ1v) is 7.42. The van der Waals surface area contributed by atoms with Crippen LogP contribution in [0.15, 0.2) is 36.5 Å². The number of ether oxygens (including phenoxy) is 1. The van der Waals surface area contributed by atoms with Gasteiger partial charge in [0, 0.05) is 24.7 Å². The highest BCUT2D eigenvalue weighted by molar-refractivity contribution is 5.81.